The summed E-state index contributed by atoms with van der Waals surface area (Å²) in [6.07, 6.45) is 0. The van der Waals surface area contributed by atoms with Crippen molar-refractivity contribution in [1.29, 1.82) is 0 Å². The van der Waals surface area contributed by atoms with E-state index in [9.17, 15) is 9.59 Å². The van der Waals surface area contributed by atoms with Crippen LogP contribution in [0.3, 0.4) is 0 Å². The molecule has 5 nitrogen and oxygen atoms in total. The quantitative estimate of drug-likeness (QED) is 0.722. The predicted molar refractivity (Wildman–Crippen MR) is 89.6 cm³/mol. The fourth-order valence-corrected chi connectivity index (χ4v) is 1.94. The fourth-order valence-electron chi connectivity index (χ4n) is 1.94. The minimum atomic E-state index is -1.12. The van der Waals surface area contributed by atoms with Crippen LogP contribution in [0.2, 0.25) is 0 Å². The molecule has 1 rings (SSSR count). The van der Waals surface area contributed by atoms with E-state index in [0.29, 0.717) is 19.1 Å². The Morgan fingerprint density at radius 2 is 1.74 bits per heavy atom. The normalized spacial score (nSPS) is 12.8. The lowest BCUT2D eigenvalue weighted by Gasteiger charge is -2.26. The molecule has 1 aromatic carbocycles. The molecule has 1 atom stereocenters. The Morgan fingerprint density at radius 1 is 1.17 bits per heavy atom. The van der Waals surface area contributed by atoms with Gasteiger partial charge in [-0.05, 0) is 30.5 Å². The zero-order valence-corrected chi connectivity index (χ0v) is 14.6. The Labute approximate surface area is 138 Å². The van der Waals surface area contributed by atoms with Crippen molar-refractivity contribution in [3.05, 3.63) is 29.8 Å². The number of ether oxygens (including phenoxy) is 1. The first-order valence-electron chi connectivity index (χ1n) is 7.87. The largest absolute Gasteiger partial charge is 0.493 e. The number of hydrogen-bond acceptors (Lipinski definition) is 3. The van der Waals surface area contributed by atoms with Gasteiger partial charge in [-0.2, -0.15) is 0 Å². The summed E-state index contributed by atoms with van der Waals surface area (Å²) in [5.41, 5.74) is 0.752. The number of hydrogen-bond donors (Lipinski definition) is 2. The summed E-state index contributed by atoms with van der Waals surface area (Å²) < 4.78 is 5.66. The molecule has 0 saturated heterocycles. The van der Waals surface area contributed by atoms with Crippen LogP contribution in [0.4, 0.5) is 0 Å². The van der Waals surface area contributed by atoms with Crippen LogP contribution in [0.15, 0.2) is 24.3 Å². The van der Waals surface area contributed by atoms with Crippen LogP contribution in [0, 0.1) is 11.8 Å². The number of rotatable bonds is 8. The van der Waals surface area contributed by atoms with E-state index in [4.69, 9.17) is 9.84 Å². The summed E-state index contributed by atoms with van der Waals surface area (Å²) in [6.45, 7) is 10.6. The average molecular weight is 321 g/mol. The number of aliphatic carboxylic acids is 1. The lowest BCUT2D eigenvalue weighted by molar-refractivity contribution is -0.146. The van der Waals surface area contributed by atoms with Crippen molar-refractivity contribution in [3.8, 4) is 5.75 Å². The van der Waals surface area contributed by atoms with Gasteiger partial charge in [-0.1, -0.05) is 39.8 Å². The third-order valence-electron chi connectivity index (χ3n) is 3.69. The molecule has 0 radical (unpaired) electrons. The molecule has 1 amide bonds. The molecule has 0 aromatic heterocycles. The summed E-state index contributed by atoms with van der Waals surface area (Å²) in [6, 6.07) is 7.78. The number of nitrogens with one attached hydrogen (secondary N) is 1. The molecular formula is C18H27NO4. The number of carbonyl (C=O) groups is 2. The molecule has 0 heterocycles. The second-order valence-electron chi connectivity index (χ2n) is 6.89. The Kier molecular flexibility index (Phi) is 6.61. The van der Waals surface area contributed by atoms with E-state index >= 15 is 0 Å². The zero-order chi connectivity index (χ0) is 17.6. The number of carboxylic acid groups (broad SMARTS) is 1. The molecule has 23 heavy (non-hydrogen) atoms. The van der Waals surface area contributed by atoms with Crippen LogP contribution in [0.5, 0.6) is 5.75 Å². The highest BCUT2D eigenvalue weighted by molar-refractivity contribution is 5.96. The lowest BCUT2D eigenvalue weighted by atomic mass is 9.84. The first-order chi connectivity index (χ1) is 10.6. The Bertz CT molecular complexity index is 534. The van der Waals surface area contributed by atoms with Crippen LogP contribution in [-0.2, 0) is 15.0 Å². The number of carbonyl (C=O) groups excluding carboxylic acids is 1. The van der Waals surface area contributed by atoms with Crippen LogP contribution >= 0.6 is 0 Å². The molecule has 0 aliphatic carbocycles. The maximum Gasteiger partial charge on any atom is 0.315 e. The highest BCUT2D eigenvalue weighted by atomic mass is 16.5. The van der Waals surface area contributed by atoms with Crippen molar-refractivity contribution in [3.63, 3.8) is 0 Å². The summed E-state index contributed by atoms with van der Waals surface area (Å²) in [7, 11) is 0. The third-order valence-corrected chi connectivity index (χ3v) is 3.69. The van der Waals surface area contributed by atoms with E-state index in [1.807, 2.05) is 38.1 Å². The van der Waals surface area contributed by atoms with Gasteiger partial charge >= 0.3 is 5.97 Å². The van der Waals surface area contributed by atoms with Crippen LogP contribution in [0.1, 0.15) is 40.2 Å². The molecule has 2 N–H and O–H groups in total. The first-order valence-corrected chi connectivity index (χ1v) is 7.87. The summed E-state index contributed by atoms with van der Waals surface area (Å²) in [5, 5.41) is 11.6. The SMILES string of the molecule is CC(C)COc1ccc(C(C)(C)CNC(=O)C(C)C(=O)O)cc1. The molecule has 1 aromatic rings. The van der Waals surface area contributed by atoms with E-state index in [2.05, 4.69) is 19.2 Å². The van der Waals surface area contributed by atoms with E-state index < -0.39 is 17.8 Å². The van der Waals surface area contributed by atoms with Gasteiger partial charge in [0.2, 0.25) is 5.91 Å². The number of carboxylic acids is 1. The number of amides is 1. The van der Waals surface area contributed by atoms with Gasteiger partial charge in [-0.15, -0.1) is 0 Å². The summed E-state index contributed by atoms with van der Waals surface area (Å²) in [4.78, 5) is 22.6. The maximum absolute atomic E-state index is 11.8. The van der Waals surface area contributed by atoms with Crippen molar-refractivity contribution in [2.24, 2.45) is 11.8 Å². The van der Waals surface area contributed by atoms with Crippen LogP contribution < -0.4 is 10.1 Å². The number of benzene rings is 1. The van der Waals surface area contributed by atoms with Gasteiger partial charge in [-0.25, -0.2) is 0 Å². The molecule has 0 aliphatic heterocycles. The molecular weight excluding hydrogens is 294 g/mol. The highest BCUT2D eigenvalue weighted by Crippen LogP contribution is 2.25. The van der Waals surface area contributed by atoms with Crippen molar-refractivity contribution < 1.29 is 19.4 Å². The van der Waals surface area contributed by atoms with Crippen molar-refractivity contribution in [2.75, 3.05) is 13.2 Å². The van der Waals surface area contributed by atoms with Crippen LogP contribution in [0.25, 0.3) is 0 Å². The summed E-state index contributed by atoms with van der Waals surface area (Å²) >= 11 is 0. The molecule has 0 fully saturated rings. The van der Waals surface area contributed by atoms with Gasteiger partial charge in [-0.3, -0.25) is 9.59 Å². The van der Waals surface area contributed by atoms with E-state index in [-0.39, 0.29) is 5.41 Å². The predicted octanol–water partition coefficient (Wildman–Crippen LogP) is 2.84. The molecule has 128 valence electrons. The smallest absolute Gasteiger partial charge is 0.315 e. The molecule has 0 saturated carbocycles. The lowest BCUT2D eigenvalue weighted by Crippen LogP contribution is -2.40. The van der Waals surface area contributed by atoms with Gasteiger partial charge in [0.1, 0.15) is 11.7 Å². The van der Waals surface area contributed by atoms with Crippen molar-refractivity contribution in [1.82, 2.24) is 5.32 Å². The Morgan fingerprint density at radius 3 is 2.22 bits per heavy atom. The Hall–Kier alpha value is -2.04. The van der Waals surface area contributed by atoms with Gasteiger partial charge in [0, 0.05) is 12.0 Å². The van der Waals surface area contributed by atoms with Crippen molar-refractivity contribution in [2.45, 2.75) is 40.0 Å². The summed E-state index contributed by atoms with van der Waals surface area (Å²) in [5.74, 6) is -1.34. The molecule has 0 bridgehead atoms. The van der Waals surface area contributed by atoms with Crippen molar-refractivity contribution >= 4 is 11.9 Å². The molecule has 5 heteroatoms. The van der Waals surface area contributed by atoms with E-state index in [0.717, 1.165) is 11.3 Å². The highest BCUT2D eigenvalue weighted by Gasteiger charge is 2.25. The second-order valence-corrected chi connectivity index (χ2v) is 6.89. The minimum Gasteiger partial charge on any atom is -0.493 e. The maximum atomic E-state index is 11.8. The van der Waals surface area contributed by atoms with Gasteiger partial charge in [0.25, 0.3) is 0 Å². The first kappa shape index (κ1) is 19.0. The second kappa shape index (κ2) is 7.99. The van der Waals surface area contributed by atoms with Gasteiger partial charge in [0.05, 0.1) is 6.61 Å². The average Bonchev–Trinajstić information content (AvgIpc) is 2.50. The standard InChI is InChI=1S/C18H27NO4/c1-12(2)10-23-15-8-6-14(7-9-15)18(4,5)11-19-16(20)13(3)17(21)22/h6-9,12-13H,10-11H2,1-5H3,(H,19,20)(H,21,22). The van der Waals surface area contributed by atoms with Gasteiger partial charge < -0.3 is 15.2 Å². The topological polar surface area (TPSA) is 75.6 Å². The van der Waals surface area contributed by atoms with Crippen LogP contribution in [-0.4, -0.2) is 30.1 Å². The third kappa shape index (κ3) is 5.93. The van der Waals surface area contributed by atoms with Gasteiger partial charge in [0.15, 0.2) is 0 Å². The zero-order valence-electron chi connectivity index (χ0n) is 14.6. The minimum absolute atomic E-state index is 0.301. The monoisotopic (exact) mass is 321 g/mol. The Balaban J connectivity index is 2.65. The fraction of sp³-hybridized carbons (Fsp3) is 0.556. The van der Waals surface area contributed by atoms with E-state index in [1.165, 1.54) is 6.92 Å². The molecule has 0 aliphatic rings. The molecule has 1 unspecified atom stereocenters. The molecule has 0 spiro atoms. The van der Waals surface area contributed by atoms with E-state index in [1.54, 1.807) is 0 Å².